The first-order valence-electron chi connectivity index (χ1n) is 10.9. The lowest BCUT2D eigenvalue weighted by molar-refractivity contribution is -0.137. The fraction of sp³-hybridized carbons (Fsp3) is 0.280. The molecule has 3 N–H and O–H groups in total. The van der Waals surface area contributed by atoms with Crippen LogP contribution >= 0.6 is 0 Å². The molecule has 34 heavy (non-hydrogen) atoms. The Labute approximate surface area is 195 Å². The summed E-state index contributed by atoms with van der Waals surface area (Å²) in [6.07, 6.45) is -3.95. The van der Waals surface area contributed by atoms with Crippen LogP contribution in [-0.2, 0) is 23.9 Å². The van der Waals surface area contributed by atoms with Crippen molar-refractivity contribution < 1.29 is 23.1 Å². The van der Waals surface area contributed by atoms with Gasteiger partial charge in [0, 0.05) is 55.3 Å². The van der Waals surface area contributed by atoms with E-state index in [9.17, 15) is 23.1 Å². The summed E-state index contributed by atoms with van der Waals surface area (Å²) in [6.45, 7) is 1.53. The predicted molar refractivity (Wildman–Crippen MR) is 123 cm³/mol. The van der Waals surface area contributed by atoms with Crippen LogP contribution < -0.4 is 10.6 Å². The summed E-state index contributed by atoms with van der Waals surface area (Å²) in [4.78, 5) is 20.1. The first-order chi connectivity index (χ1) is 16.2. The van der Waals surface area contributed by atoms with E-state index in [4.69, 9.17) is 5.73 Å². The van der Waals surface area contributed by atoms with Gasteiger partial charge in [0.1, 0.15) is 0 Å². The lowest BCUT2D eigenvalue weighted by atomic mass is 10.0. The minimum Gasteiger partial charge on any atom is -0.396 e. The SMILES string of the molecule is NC(=O)CN1CCN(c2ccc(C(F)(F)F)cc2)c2ccc(-c3cccc(CCO)n3)cc2C1. The average Bonchev–Trinajstić information content (AvgIpc) is 2.97. The van der Waals surface area contributed by atoms with Crippen molar-refractivity contribution in [2.45, 2.75) is 19.1 Å². The highest BCUT2D eigenvalue weighted by Crippen LogP contribution is 2.36. The van der Waals surface area contributed by atoms with Gasteiger partial charge >= 0.3 is 6.18 Å². The highest BCUT2D eigenvalue weighted by molar-refractivity contribution is 5.76. The van der Waals surface area contributed by atoms with Crippen molar-refractivity contribution in [3.05, 3.63) is 77.5 Å². The topological polar surface area (TPSA) is 82.7 Å². The van der Waals surface area contributed by atoms with Gasteiger partial charge in [-0.05, 0) is 54.1 Å². The number of benzene rings is 2. The Morgan fingerprint density at radius 2 is 1.82 bits per heavy atom. The van der Waals surface area contributed by atoms with E-state index in [-0.39, 0.29) is 13.2 Å². The van der Waals surface area contributed by atoms with Gasteiger partial charge in [0.15, 0.2) is 0 Å². The number of aliphatic hydroxyl groups is 1. The van der Waals surface area contributed by atoms with E-state index >= 15 is 0 Å². The molecule has 6 nitrogen and oxygen atoms in total. The van der Waals surface area contributed by atoms with E-state index in [2.05, 4.69) is 4.98 Å². The molecule has 178 valence electrons. The second-order valence-corrected chi connectivity index (χ2v) is 8.20. The van der Waals surface area contributed by atoms with Gasteiger partial charge < -0.3 is 15.7 Å². The van der Waals surface area contributed by atoms with Gasteiger partial charge in [-0.3, -0.25) is 14.7 Å². The highest BCUT2D eigenvalue weighted by Gasteiger charge is 2.30. The maximum atomic E-state index is 13.0. The summed E-state index contributed by atoms with van der Waals surface area (Å²) in [7, 11) is 0. The highest BCUT2D eigenvalue weighted by atomic mass is 19.4. The Morgan fingerprint density at radius 1 is 1.06 bits per heavy atom. The number of carbonyl (C=O) groups is 1. The number of amides is 1. The van der Waals surface area contributed by atoms with Crippen molar-refractivity contribution in [2.75, 3.05) is 31.1 Å². The number of alkyl halides is 3. The standard InChI is InChI=1S/C25H25F3N4O2/c26-25(27,28)19-5-7-21(8-6-19)32-12-11-31(16-24(29)34)15-18-14-17(4-9-23(18)32)22-3-1-2-20(30-22)10-13-33/h1-9,14,33H,10-13,15-16H2,(H2,29,34). The minimum absolute atomic E-state index is 0.00477. The van der Waals surface area contributed by atoms with E-state index in [1.54, 1.807) is 0 Å². The number of pyridine rings is 1. The van der Waals surface area contributed by atoms with Crippen molar-refractivity contribution in [2.24, 2.45) is 5.73 Å². The number of primary amides is 1. The fourth-order valence-corrected chi connectivity index (χ4v) is 4.16. The maximum Gasteiger partial charge on any atom is 0.416 e. The molecule has 4 rings (SSSR count). The van der Waals surface area contributed by atoms with Crippen LogP contribution in [-0.4, -0.2) is 47.1 Å². The molecule has 2 aromatic carbocycles. The molecular formula is C25H25F3N4O2. The summed E-state index contributed by atoms with van der Waals surface area (Å²) in [5.74, 6) is -0.445. The Balaban J connectivity index is 1.73. The molecule has 0 spiro atoms. The van der Waals surface area contributed by atoms with E-state index in [1.807, 2.05) is 46.2 Å². The van der Waals surface area contributed by atoms with Gasteiger partial charge in [0.25, 0.3) is 0 Å². The van der Waals surface area contributed by atoms with Crippen LogP contribution in [0.15, 0.2) is 60.7 Å². The number of fused-ring (bicyclic) bond motifs is 1. The smallest absolute Gasteiger partial charge is 0.396 e. The third kappa shape index (κ3) is 5.37. The molecule has 0 bridgehead atoms. The van der Waals surface area contributed by atoms with Crippen LogP contribution in [0.3, 0.4) is 0 Å². The second-order valence-electron chi connectivity index (χ2n) is 8.20. The first-order valence-corrected chi connectivity index (χ1v) is 10.9. The average molecular weight is 470 g/mol. The summed E-state index contributed by atoms with van der Waals surface area (Å²) >= 11 is 0. The quantitative estimate of drug-likeness (QED) is 0.574. The molecule has 0 unspecified atom stereocenters. The molecule has 0 radical (unpaired) electrons. The monoisotopic (exact) mass is 470 g/mol. The number of nitrogens with two attached hydrogens (primary N) is 1. The molecule has 1 aliphatic rings. The lowest BCUT2D eigenvalue weighted by Crippen LogP contribution is -2.36. The number of anilines is 2. The molecular weight excluding hydrogens is 445 g/mol. The van der Waals surface area contributed by atoms with Gasteiger partial charge in [0.05, 0.1) is 17.8 Å². The number of hydrogen-bond acceptors (Lipinski definition) is 5. The van der Waals surface area contributed by atoms with Crippen LogP contribution in [0.1, 0.15) is 16.8 Å². The number of aromatic nitrogens is 1. The number of nitrogens with zero attached hydrogens (tertiary/aromatic N) is 3. The van der Waals surface area contributed by atoms with E-state index < -0.39 is 17.6 Å². The number of carbonyl (C=O) groups excluding carboxylic acids is 1. The number of halogens is 3. The van der Waals surface area contributed by atoms with Gasteiger partial charge in [0.2, 0.25) is 5.91 Å². The molecule has 1 amide bonds. The predicted octanol–water partition coefficient (Wildman–Crippen LogP) is 3.74. The third-order valence-corrected chi connectivity index (χ3v) is 5.76. The molecule has 3 aromatic rings. The van der Waals surface area contributed by atoms with Crippen molar-refractivity contribution in [3.8, 4) is 11.3 Å². The van der Waals surface area contributed by atoms with Crippen molar-refractivity contribution in [1.29, 1.82) is 0 Å². The molecule has 0 saturated heterocycles. The van der Waals surface area contributed by atoms with Crippen molar-refractivity contribution in [1.82, 2.24) is 9.88 Å². The zero-order valence-corrected chi connectivity index (χ0v) is 18.4. The summed E-state index contributed by atoms with van der Waals surface area (Å²) in [5, 5.41) is 9.22. The molecule has 0 saturated carbocycles. The zero-order valence-electron chi connectivity index (χ0n) is 18.4. The largest absolute Gasteiger partial charge is 0.416 e. The molecule has 9 heteroatoms. The summed E-state index contributed by atoms with van der Waals surface area (Å²) in [6, 6.07) is 16.5. The third-order valence-electron chi connectivity index (χ3n) is 5.76. The molecule has 2 heterocycles. The normalized spacial score (nSPS) is 14.5. The molecule has 0 fully saturated rings. The van der Waals surface area contributed by atoms with E-state index in [1.165, 1.54) is 12.1 Å². The van der Waals surface area contributed by atoms with E-state index in [0.717, 1.165) is 40.3 Å². The fourth-order valence-electron chi connectivity index (χ4n) is 4.16. The maximum absolute atomic E-state index is 13.0. The number of aliphatic hydroxyl groups excluding tert-OH is 1. The Bertz CT molecular complexity index is 1170. The Kier molecular flexibility index (Phi) is 6.85. The van der Waals surface area contributed by atoms with Gasteiger partial charge in [-0.1, -0.05) is 12.1 Å². The second kappa shape index (κ2) is 9.82. The Hall–Kier alpha value is -3.43. The van der Waals surface area contributed by atoms with E-state index in [0.29, 0.717) is 31.7 Å². The summed E-state index contributed by atoms with van der Waals surface area (Å²) < 4.78 is 39.1. The minimum atomic E-state index is -4.40. The molecule has 1 aliphatic heterocycles. The zero-order chi connectivity index (χ0) is 24.3. The van der Waals surface area contributed by atoms with Gasteiger partial charge in [-0.2, -0.15) is 13.2 Å². The number of rotatable bonds is 6. The lowest BCUT2D eigenvalue weighted by Gasteiger charge is -2.25. The Morgan fingerprint density at radius 3 is 2.50 bits per heavy atom. The van der Waals surface area contributed by atoms with Gasteiger partial charge in [-0.25, -0.2) is 0 Å². The van der Waals surface area contributed by atoms with Gasteiger partial charge in [-0.15, -0.1) is 0 Å². The molecule has 0 aliphatic carbocycles. The number of hydrogen-bond donors (Lipinski definition) is 2. The van der Waals surface area contributed by atoms with Crippen LogP contribution in [0.25, 0.3) is 11.3 Å². The van der Waals surface area contributed by atoms with Crippen molar-refractivity contribution in [3.63, 3.8) is 0 Å². The summed E-state index contributed by atoms with van der Waals surface area (Å²) in [5.41, 5.74) is 9.51. The molecule has 0 atom stereocenters. The molecule has 1 aromatic heterocycles. The van der Waals surface area contributed by atoms with Crippen molar-refractivity contribution >= 4 is 17.3 Å². The van der Waals surface area contributed by atoms with Crippen LogP contribution in [0, 0.1) is 0 Å². The van der Waals surface area contributed by atoms with Crippen LogP contribution in [0.4, 0.5) is 24.5 Å². The first kappa shape index (κ1) is 23.7. The van der Waals surface area contributed by atoms with Crippen LogP contribution in [0.5, 0.6) is 0 Å². The van der Waals surface area contributed by atoms with Crippen LogP contribution in [0.2, 0.25) is 0 Å².